The molecule has 0 unspecified atom stereocenters. The Balaban J connectivity index is 2.88. The molecule has 0 radical (unpaired) electrons. The van der Waals surface area contributed by atoms with E-state index < -0.39 is 0 Å². The minimum atomic E-state index is 0.0565. The Bertz CT molecular complexity index is 476. The van der Waals surface area contributed by atoms with E-state index in [4.69, 9.17) is 10.5 Å². The average molecular weight is 276 g/mol. The molecule has 0 amide bonds. The van der Waals surface area contributed by atoms with Gasteiger partial charge in [0.2, 0.25) is 0 Å². The fourth-order valence-corrected chi connectivity index (χ4v) is 1.71. The van der Waals surface area contributed by atoms with E-state index in [1.54, 1.807) is 12.1 Å². The SMILES string of the molecule is CCc1cc(NC=C(C#N)C#N)ccc1Br. The number of aryl methyl sites for hydroxylation is 1. The highest BCUT2D eigenvalue weighted by molar-refractivity contribution is 9.10. The van der Waals surface area contributed by atoms with E-state index in [9.17, 15) is 0 Å². The fourth-order valence-electron chi connectivity index (χ4n) is 1.18. The number of benzene rings is 1. The summed E-state index contributed by atoms with van der Waals surface area (Å²) < 4.78 is 1.06. The molecule has 0 fully saturated rings. The van der Waals surface area contributed by atoms with Gasteiger partial charge in [0, 0.05) is 16.4 Å². The summed E-state index contributed by atoms with van der Waals surface area (Å²) in [6.07, 6.45) is 2.33. The normalized spacial score (nSPS) is 8.75. The molecule has 1 rings (SSSR count). The second kappa shape index (κ2) is 5.95. The number of allylic oxidation sites excluding steroid dienone is 1. The zero-order valence-corrected chi connectivity index (χ0v) is 10.4. The van der Waals surface area contributed by atoms with E-state index in [1.807, 2.05) is 18.2 Å². The zero-order valence-electron chi connectivity index (χ0n) is 8.79. The monoisotopic (exact) mass is 275 g/mol. The van der Waals surface area contributed by atoms with E-state index in [-0.39, 0.29) is 5.57 Å². The third-order valence-electron chi connectivity index (χ3n) is 2.05. The minimum Gasteiger partial charge on any atom is -0.360 e. The Hall–Kier alpha value is -1.78. The van der Waals surface area contributed by atoms with Gasteiger partial charge in [0.05, 0.1) is 0 Å². The molecule has 0 aliphatic rings. The van der Waals surface area contributed by atoms with Gasteiger partial charge in [-0.25, -0.2) is 0 Å². The topological polar surface area (TPSA) is 59.6 Å². The molecule has 4 heteroatoms. The second-order valence-corrected chi connectivity index (χ2v) is 3.94. The molecule has 16 heavy (non-hydrogen) atoms. The van der Waals surface area contributed by atoms with Gasteiger partial charge < -0.3 is 5.32 Å². The lowest BCUT2D eigenvalue weighted by atomic mass is 10.1. The molecule has 0 atom stereocenters. The predicted octanol–water partition coefficient (Wildman–Crippen LogP) is 3.35. The molecule has 0 saturated heterocycles. The molecule has 0 saturated carbocycles. The van der Waals surface area contributed by atoms with Crippen LogP contribution in [0.1, 0.15) is 12.5 Å². The van der Waals surface area contributed by atoms with Gasteiger partial charge in [-0.05, 0) is 30.2 Å². The highest BCUT2D eigenvalue weighted by Crippen LogP contribution is 2.21. The van der Waals surface area contributed by atoms with Crippen molar-refractivity contribution in [1.29, 1.82) is 10.5 Å². The summed E-state index contributed by atoms with van der Waals surface area (Å²) in [6.45, 7) is 2.07. The number of nitrogens with one attached hydrogen (secondary N) is 1. The van der Waals surface area contributed by atoms with Gasteiger partial charge >= 0.3 is 0 Å². The van der Waals surface area contributed by atoms with Gasteiger partial charge in [0.1, 0.15) is 17.7 Å². The maximum Gasteiger partial charge on any atom is 0.145 e. The van der Waals surface area contributed by atoms with Crippen LogP contribution in [0.3, 0.4) is 0 Å². The fraction of sp³-hybridized carbons (Fsp3) is 0.167. The molecule has 0 aromatic heterocycles. The molecule has 3 nitrogen and oxygen atoms in total. The van der Waals surface area contributed by atoms with Crippen LogP contribution in [0, 0.1) is 22.7 Å². The van der Waals surface area contributed by atoms with Crippen LogP contribution < -0.4 is 5.32 Å². The van der Waals surface area contributed by atoms with E-state index >= 15 is 0 Å². The van der Waals surface area contributed by atoms with Gasteiger partial charge in [0.15, 0.2) is 0 Å². The Morgan fingerprint density at radius 2 is 2.12 bits per heavy atom. The Kier molecular flexibility index (Phi) is 4.57. The second-order valence-electron chi connectivity index (χ2n) is 3.09. The molecule has 0 spiro atoms. The number of anilines is 1. The van der Waals surface area contributed by atoms with Crippen LogP contribution in [0.25, 0.3) is 0 Å². The summed E-state index contributed by atoms with van der Waals surface area (Å²) in [6, 6.07) is 9.38. The summed E-state index contributed by atoms with van der Waals surface area (Å²) in [7, 11) is 0. The third-order valence-corrected chi connectivity index (χ3v) is 2.82. The van der Waals surface area contributed by atoms with Gasteiger partial charge in [-0.3, -0.25) is 0 Å². The molecule has 0 aliphatic heterocycles. The van der Waals surface area contributed by atoms with Crippen LogP contribution >= 0.6 is 15.9 Å². The van der Waals surface area contributed by atoms with Gasteiger partial charge in [-0.2, -0.15) is 10.5 Å². The largest absolute Gasteiger partial charge is 0.360 e. The van der Waals surface area contributed by atoms with E-state index in [1.165, 1.54) is 11.8 Å². The van der Waals surface area contributed by atoms with Crippen LogP contribution in [0.2, 0.25) is 0 Å². The van der Waals surface area contributed by atoms with Crippen molar-refractivity contribution in [2.45, 2.75) is 13.3 Å². The number of nitriles is 2. The van der Waals surface area contributed by atoms with E-state index in [2.05, 4.69) is 28.2 Å². The van der Waals surface area contributed by atoms with Gasteiger partial charge in [-0.1, -0.05) is 22.9 Å². The maximum atomic E-state index is 8.56. The van der Waals surface area contributed by atoms with Crippen LogP contribution in [0.15, 0.2) is 34.4 Å². The number of hydrogen-bond donors (Lipinski definition) is 1. The minimum absolute atomic E-state index is 0.0565. The third kappa shape index (κ3) is 3.12. The smallest absolute Gasteiger partial charge is 0.145 e. The van der Waals surface area contributed by atoms with Gasteiger partial charge in [-0.15, -0.1) is 0 Å². The van der Waals surface area contributed by atoms with Crippen LogP contribution in [0.5, 0.6) is 0 Å². The molecule has 0 bridgehead atoms. The molecule has 80 valence electrons. The first-order chi connectivity index (χ1) is 7.71. The number of hydrogen-bond acceptors (Lipinski definition) is 3. The lowest BCUT2D eigenvalue weighted by Crippen LogP contribution is -1.92. The summed E-state index contributed by atoms with van der Waals surface area (Å²) >= 11 is 3.45. The van der Waals surface area contributed by atoms with Crippen molar-refractivity contribution in [2.24, 2.45) is 0 Å². The van der Waals surface area contributed by atoms with Crippen molar-refractivity contribution < 1.29 is 0 Å². The Morgan fingerprint density at radius 1 is 1.44 bits per heavy atom. The van der Waals surface area contributed by atoms with Crippen LogP contribution in [-0.2, 0) is 6.42 Å². The van der Waals surface area contributed by atoms with E-state index in [0.717, 1.165) is 16.6 Å². The number of halogens is 1. The van der Waals surface area contributed by atoms with Crippen molar-refractivity contribution >= 4 is 21.6 Å². The molecule has 0 aliphatic carbocycles. The molecule has 1 N–H and O–H groups in total. The maximum absolute atomic E-state index is 8.56. The standard InChI is InChI=1S/C12H10BrN3/c1-2-10-5-11(3-4-12(10)13)16-8-9(6-14)7-15/h3-5,8,16H,2H2,1H3. The lowest BCUT2D eigenvalue weighted by Gasteiger charge is -2.05. The van der Waals surface area contributed by atoms with Crippen molar-refractivity contribution in [1.82, 2.24) is 0 Å². The first kappa shape index (κ1) is 12.3. The summed E-state index contributed by atoms with van der Waals surface area (Å²) in [4.78, 5) is 0. The first-order valence-electron chi connectivity index (χ1n) is 4.76. The molecular formula is C12H10BrN3. The lowest BCUT2D eigenvalue weighted by molar-refractivity contribution is 1.13. The Morgan fingerprint density at radius 3 is 2.69 bits per heavy atom. The quantitative estimate of drug-likeness (QED) is 0.861. The van der Waals surface area contributed by atoms with Crippen molar-refractivity contribution in [3.63, 3.8) is 0 Å². The Labute approximate surface area is 103 Å². The highest BCUT2D eigenvalue weighted by Gasteiger charge is 1.99. The summed E-state index contributed by atoms with van der Waals surface area (Å²) in [5, 5.41) is 20.0. The predicted molar refractivity (Wildman–Crippen MR) is 66.5 cm³/mol. The highest BCUT2D eigenvalue weighted by atomic mass is 79.9. The molecular weight excluding hydrogens is 266 g/mol. The zero-order chi connectivity index (χ0) is 12.0. The van der Waals surface area contributed by atoms with Crippen molar-refractivity contribution in [3.05, 3.63) is 40.0 Å². The molecule has 0 heterocycles. The molecule has 1 aromatic carbocycles. The first-order valence-corrected chi connectivity index (χ1v) is 5.56. The van der Waals surface area contributed by atoms with Crippen LogP contribution in [0.4, 0.5) is 5.69 Å². The number of rotatable bonds is 3. The van der Waals surface area contributed by atoms with Crippen LogP contribution in [-0.4, -0.2) is 0 Å². The average Bonchev–Trinajstić information content (AvgIpc) is 2.32. The van der Waals surface area contributed by atoms with Crippen molar-refractivity contribution in [3.8, 4) is 12.1 Å². The van der Waals surface area contributed by atoms with Gasteiger partial charge in [0.25, 0.3) is 0 Å². The molecule has 1 aromatic rings. The van der Waals surface area contributed by atoms with Crippen molar-refractivity contribution in [2.75, 3.05) is 5.32 Å². The summed E-state index contributed by atoms with van der Waals surface area (Å²) in [5.41, 5.74) is 2.10. The number of nitrogens with zero attached hydrogens (tertiary/aromatic N) is 2. The van der Waals surface area contributed by atoms with E-state index in [0.29, 0.717) is 0 Å². The summed E-state index contributed by atoms with van der Waals surface area (Å²) in [5.74, 6) is 0.